The van der Waals surface area contributed by atoms with Crippen LogP contribution in [-0.4, -0.2) is 56.2 Å². The third kappa shape index (κ3) is 10.4. The Balaban J connectivity index is 0.000000505. The lowest BCUT2D eigenvalue weighted by atomic mass is 10.5. The molecule has 2 rings (SSSR count). The Kier molecular flexibility index (Phi) is 10.1. The average Bonchev–Trinajstić information content (AvgIpc) is 2.43. The van der Waals surface area contributed by atoms with E-state index < -0.39 is 23.5 Å². The van der Waals surface area contributed by atoms with E-state index in [-0.39, 0.29) is 39.3 Å². The Hall–Kier alpha value is -1.18. The van der Waals surface area contributed by atoms with Gasteiger partial charge in [0.05, 0.1) is 0 Å². The third-order valence-electron chi connectivity index (χ3n) is 2.01. The lowest BCUT2D eigenvalue weighted by Gasteiger charge is -2.11. The van der Waals surface area contributed by atoms with Gasteiger partial charge < -0.3 is 34.9 Å². The van der Waals surface area contributed by atoms with Crippen molar-refractivity contribution in [1.82, 2.24) is 19.9 Å². The van der Waals surface area contributed by atoms with E-state index in [9.17, 15) is 18.5 Å². The number of nitrogens with zero attached hydrogens (tertiary/aromatic N) is 3. The van der Waals surface area contributed by atoms with E-state index in [1.165, 1.54) is 12.4 Å². The van der Waals surface area contributed by atoms with E-state index in [4.69, 9.17) is 29.6 Å². The molecular weight excluding hydrogens is 470 g/mol. The van der Waals surface area contributed by atoms with E-state index >= 15 is 0 Å². The lowest BCUT2D eigenvalue weighted by molar-refractivity contribution is 0.204. The number of rotatable bonds is 6. The number of aliphatic hydroxyl groups excluding tert-OH is 1. The standard InChI is InChI=1S/C7H7N5O2.H5O10P3.H3P/c13-3-10-7-11-5-4(6(14)12-7)8-1-2-9-5;1-11(2,3)9-13(7,8)10-12(4,5)6;/h1-2,13H,3H2,(H2,9,10,11,12,14);(H,7,8)(H2,1,2,3)(H2,4,5,6);1H3. The summed E-state index contributed by atoms with van der Waals surface area (Å²) in [6, 6.07) is 0. The van der Waals surface area contributed by atoms with Gasteiger partial charge in [0.1, 0.15) is 6.73 Å². The van der Waals surface area contributed by atoms with E-state index in [1.807, 2.05) is 0 Å². The molecule has 0 saturated heterocycles. The predicted octanol–water partition coefficient (Wildman–Crippen LogP) is -1.56. The molecule has 0 radical (unpaired) electrons. The number of fused-ring (bicyclic) bond motifs is 1. The van der Waals surface area contributed by atoms with Gasteiger partial charge in [0, 0.05) is 12.4 Å². The first kappa shape index (κ1) is 26.8. The zero-order chi connectivity index (χ0) is 20.9. The Labute approximate surface area is 157 Å². The summed E-state index contributed by atoms with van der Waals surface area (Å²) >= 11 is 0. The van der Waals surface area contributed by atoms with Gasteiger partial charge in [0.25, 0.3) is 5.56 Å². The molecule has 0 spiro atoms. The summed E-state index contributed by atoms with van der Waals surface area (Å²) in [5.41, 5.74) is 0.0299. The van der Waals surface area contributed by atoms with Crippen LogP contribution < -0.4 is 10.9 Å². The minimum Gasteiger partial charge on any atom is -0.376 e. The number of aromatic amines is 1. The minimum atomic E-state index is -5.46. The van der Waals surface area contributed by atoms with Crippen LogP contribution in [0.1, 0.15) is 0 Å². The van der Waals surface area contributed by atoms with Crippen LogP contribution in [0.2, 0.25) is 0 Å². The summed E-state index contributed by atoms with van der Waals surface area (Å²) in [5, 5.41) is 11.0. The molecular formula is C7H15N5O12P4. The first-order chi connectivity index (χ1) is 12.2. The second-order valence-electron chi connectivity index (χ2n) is 4.09. The van der Waals surface area contributed by atoms with Gasteiger partial charge in [-0.2, -0.15) is 23.5 Å². The van der Waals surface area contributed by atoms with Gasteiger partial charge in [-0.3, -0.25) is 9.78 Å². The van der Waals surface area contributed by atoms with Crippen LogP contribution in [0.3, 0.4) is 0 Å². The number of H-pyrrole nitrogens is 1. The molecule has 2 aromatic heterocycles. The Morgan fingerprint density at radius 2 is 1.50 bits per heavy atom. The zero-order valence-corrected chi connectivity index (χ0v) is 17.5. The van der Waals surface area contributed by atoms with Crippen molar-refractivity contribution >= 4 is 50.5 Å². The van der Waals surface area contributed by atoms with Gasteiger partial charge in [0.15, 0.2) is 11.2 Å². The fourth-order valence-corrected chi connectivity index (χ4v) is 3.85. The number of phosphoric acid groups is 3. The third-order valence-corrected chi connectivity index (χ3v) is 5.36. The van der Waals surface area contributed by atoms with Crippen molar-refractivity contribution in [2.45, 2.75) is 0 Å². The summed E-state index contributed by atoms with van der Waals surface area (Å²) in [5.74, 6) is 0.172. The maximum atomic E-state index is 11.4. The fraction of sp³-hybridized carbons (Fsp3) is 0.143. The summed E-state index contributed by atoms with van der Waals surface area (Å²) < 4.78 is 36.4. The van der Waals surface area contributed by atoms with Crippen molar-refractivity contribution in [3.8, 4) is 0 Å². The quantitative estimate of drug-likeness (QED) is 0.170. The summed E-state index contributed by atoms with van der Waals surface area (Å²) in [4.78, 5) is 65.6. The monoisotopic (exact) mass is 485 g/mol. The molecule has 0 aliphatic carbocycles. The van der Waals surface area contributed by atoms with Crippen molar-refractivity contribution in [2.75, 3.05) is 12.0 Å². The van der Waals surface area contributed by atoms with Gasteiger partial charge >= 0.3 is 23.5 Å². The molecule has 17 nitrogen and oxygen atoms in total. The number of aromatic nitrogens is 4. The molecule has 21 heteroatoms. The highest BCUT2D eigenvalue weighted by molar-refractivity contribution is 7.66. The van der Waals surface area contributed by atoms with E-state index in [2.05, 4.69) is 33.9 Å². The molecule has 0 amide bonds. The molecule has 0 aromatic carbocycles. The van der Waals surface area contributed by atoms with Gasteiger partial charge in [-0.05, 0) is 0 Å². The highest BCUT2D eigenvalue weighted by Gasteiger charge is 2.38. The SMILES string of the molecule is O=P(O)(O)OP(=O)(O)OP(=O)(O)O.O=c1[nH]c(NCO)nc2nccnc12.P. The molecule has 2 aromatic rings. The number of hydrogen-bond donors (Lipinski definition) is 8. The molecule has 1 atom stereocenters. The molecule has 160 valence electrons. The van der Waals surface area contributed by atoms with Gasteiger partial charge in [-0.15, -0.1) is 0 Å². The van der Waals surface area contributed by atoms with Gasteiger partial charge in [-0.1, -0.05) is 0 Å². The van der Waals surface area contributed by atoms with E-state index in [1.54, 1.807) is 0 Å². The molecule has 28 heavy (non-hydrogen) atoms. The molecule has 1 unspecified atom stereocenters. The minimum absolute atomic E-state index is 0. The Morgan fingerprint density at radius 3 is 1.96 bits per heavy atom. The normalized spacial score (nSPS) is 11.9. The van der Waals surface area contributed by atoms with Crippen LogP contribution in [0, 0.1) is 0 Å². The van der Waals surface area contributed by atoms with E-state index in [0.717, 1.165) is 0 Å². The van der Waals surface area contributed by atoms with Crippen molar-refractivity contribution < 1.29 is 51.9 Å². The van der Waals surface area contributed by atoms with Gasteiger partial charge in [0.2, 0.25) is 5.95 Å². The molecule has 8 N–H and O–H groups in total. The first-order valence-corrected chi connectivity index (χ1v) is 10.7. The van der Waals surface area contributed by atoms with Crippen LogP contribution in [0.4, 0.5) is 5.95 Å². The van der Waals surface area contributed by atoms with Crippen LogP contribution in [-0.2, 0) is 22.3 Å². The smallest absolute Gasteiger partial charge is 0.376 e. The van der Waals surface area contributed by atoms with E-state index in [0.29, 0.717) is 0 Å². The van der Waals surface area contributed by atoms with Crippen molar-refractivity contribution in [3.05, 3.63) is 22.7 Å². The summed E-state index contributed by atoms with van der Waals surface area (Å²) in [6.45, 7) is -0.311. The molecule has 0 aliphatic rings. The van der Waals surface area contributed by atoms with Crippen LogP contribution in [0.5, 0.6) is 0 Å². The Bertz CT molecular complexity index is 958. The molecule has 0 bridgehead atoms. The van der Waals surface area contributed by atoms with Crippen LogP contribution in [0.25, 0.3) is 11.2 Å². The lowest BCUT2D eigenvalue weighted by Crippen LogP contribution is -2.15. The van der Waals surface area contributed by atoms with Crippen molar-refractivity contribution in [1.29, 1.82) is 0 Å². The maximum Gasteiger partial charge on any atom is 0.490 e. The predicted molar refractivity (Wildman–Crippen MR) is 95.9 cm³/mol. The molecule has 0 saturated carbocycles. The first-order valence-electron chi connectivity index (χ1n) is 6.15. The van der Waals surface area contributed by atoms with Gasteiger partial charge in [-0.25, -0.2) is 23.7 Å². The molecule has 0 aliphatic heterocycles. The number of aliphatic hydroxyl groups is 1. The van der Waals surface area contributed by atoms with Crippen molar-refractivity contribution in [2.24, 2.45) is 0 Å². The van der Waals surface area contributed by atoms with Crippen molar-refractivity contribution in [3.63, 3.8) is 0 Å². The molecule has 2 heterocycles. The highest BCUT2D eigenvalue weighted by atomic mass is 31.3. The largest absolute Gasteiger partial charge is 0.490 e. The topological polar surface area (TPSA) is 275 Å². The second-order valence-corrected chi connectivity index (χ2v) is 8.30. The van der Waals surface area contributed by atoms with Crippen LogP contribution in [0.15, 0.2) is 17.2 Å². The Morgan fingerprint density at radius 1 is 1.00 bits per heavy atom. The number of nitrogens with one attached hydrogen (secondary N) is 2. The zero-order valence-electron chi connectivity index (χ0n) is 13.4. The van der Waals surface area contributed by atoms with Crippen LogP contribution >= 0.6 is 33.4 Å². The summed E-state index contributed by atoms with van der Waals surface area (Å²) in [7, 11) is -16.2. The fourth-order valence-electron chi connectivity index (χ4n) is 1.32. The maximum absolute atomic E-state index is 11.4. The second kappa shape index (κ2) is 10.6. The highest BCUT2D eigenvalue weighted by Crippen LogP contribution is 2.64. The average molecular weight is 485 g/mol. The molecule has 0 fully saturated rings. The number of anilines is 1. The summed E-state index contributed by atoms with van der Waals surface area (Å²) in [6.07, 6.45) is 2.86. The number of hydrogen-bond acceptors (Lipinski definition) is 11.